The van der Waals surface area contributed by atoms with Crippen LogP contribution in [0, 0.1) is 0 Å². The molecule has 3 aromatic carbocycles. The first-order chi connectivity index (χ1) is 16.5. The number of rotatable bonds is 8. The molecule has 8 heteroatoms. The highest BCUT2D eigenvalue weighted by Crippen LogP contribution is 2.26. The molecule has 6 nitrogen and oxygen atoms in total. The van der Waals surface area contributed by atoms with E-state index in [0.29, 0.717) is 50.4 Å². The van der Waals surface area contributed by atoms with Gasteiger partial charge in [0.15, 0.2) is 5.16 Å². The topological polar surface area (TPSA) is 73.2 Å². The Labute approximate surface area is 206 Å². The van der Waals surface area contributed by atoms with Gasteiger partial charge in [-0.1, -0.05) is 42.4 Å². The Hall–Kier alpha value is -3.29. The van der Waals surface area contributed by atoms with Crippen molar-refractivity contribution in [3.63, 3.8) is 0 Å². The number of hydrogen-bond donors (Lipinski definition) is 1. The molecule has 0 atom stereocenters. The lowest BCUT2D eigenvalue weighted by molar-refractivity contribution is 0.0954. The van der Waals surface area contributed by atoms with Gasteiger partial charge in [0.2, 0.25) is 0 Å². The Morgan fingerprint density at radius 3 is 2.62 bits per heavy atom. The number of thioether (sulfide) groups is 1. The number of halogens is 1. The van der Waals surface area contributed by atoms with Gasteiger partial charge >= 0.3 is 0 Å². The minimum absolute atomic E-state index is 0.182. The lowest BCUT2D eigenvalue weighted by Crippen LogP contribution is -2.25. The van der Waals surface area contributed by atoms with E-state index < -0.39 is 0 Å². The molecule has 0 aliphatic rings. The summed E-state index contributed by atoms with van der Waals surface area (Å²) in [6.07, 6.45) is 0.842. The van der Waals surface area contributed by atoms with Gasteiger partial charge in [-0.05, 0) is 66.6 Å². The Kier molecular flexibility index (Phi) is 7.55. The third kappa shape index (κ3) is 5.26. The molecule has 4 aromatic rings. The average Bonchev–Trinajstić information content (AvgIpc) is 2.86. The van der Waals surface area contributed by atoms with Gasteiger partial charge in [0.1, 0.15) is 5.75 Å². The Balaban J connectivity index is 1.81. The van der Waals surface area contributed by atoms with E-state index in [0.717, 1.165) is 12.0 Å². The van der Waals surface area contributed by atoms with Crippen LogP contribution in [0.5, 0.6) is 5.75 Å². The second kappa shape index (κ2) is 10.8. The highest BCUT2D eigenvalue weighted by Gasteiger charge is 2.16. The Bertz CT molecular complexity index is 1390. The van der Waals surface area contributed by atoms with Gasteiger partial charge in [-0.3, -0.25) is 14.2 Å². The van der Waals surface area contributed by atoms with Crippen molar-refractivity contribution in [2.45, 2.75) is 24.3 Å². The van der Waals surface area contributed by atoms with Gasteiger partial charge in [0, 0.05) is 22.9 Å². The van der Waals surface area contributed by atoms with Gasteiger partial charge in [-0.2, -0.15) is 0 Å². The molecule has 0 fully saturated rings. The number of aromatic nitrogens is 2. The van der Waals surface area contributed by atoms with Gasteiger partial charge in [-0.15, -0.1) is 0 Å². The summed E-state index contributed by atoms with van der Waals surface area (Å²) in [5, 5.41) is 4.48. The number of fused-ring (bicyclic) bond motifs is 1. The molecule has 0 radical (unpaired) electrons. The molecule has 0 spiro atoms. The van der Waals surface area contributed by atoms with E-state index in [-0.39, 0.29) is 11.5 Å². The number of nitrogens with one attached hydrogen (secondary N) is 1. The molecule has 0 bridgehead atoms. The van der Waals surface area contributed by atoms with E-state index in [2.05, 4.69) is 5.32 Å². The fraction of sp³-hybridized carbons (Fsp3) is 0.192. The SMILES string of the molecule is CCCNC(=O)c1ccc2c(=O)n(-c3ccc(OC)cc3)c(SCc3cccc(Cl)c3)nc2c1. The van der Waals surface area contributed by atoms with Crippen molar-refractivity contribution in [2.24, 2.45) is 0 Å². The predicted octanol–water partition coefficient (Wildman–Crippen LogP) is 5.48. The molecule has 174 valence electrons. The standard InChI is InChI=1S/C26H24ClN3O3S/c1-3-13-28-24(31)18-7-12-22-23(15-18)29-26(34-16-17-5-4-6-19(27)14-17)30(25(22)32)20-8-10-21(33-2)11-9-20/h4-12,14-15H,3,13,16H2,1-2H3,(H,28,31). The molecule has 0 aliphatic carbocycles. The third-order valence-electron chi connectivity index (χ3n) is 5.22. The summed E-state index contributed by atoms with van der Waals surface area (Å²) < 4.78 is 6.85. The van der Waals surface area contributed by atoms with E-state index in [9.17, 15) is 9.59 Å². The van der Waals surface area contributed by atoms with Gasteiger partial charge in [-0.25, -0.2) is 4.98 Å². The molecule has 1 amide bonds. The van der Waals surface area contributed by atoms with Crippen LogP contribution in [0.3, 0.4) is 0 Å². The van der Waals surface area contributed by atoms with Crippen LogP contribution < -0.4 is 15.6 Å². The summed E-state index contributed by atoms with van der Waals surface area (Å²) in [6.45, 7) is 2.58. The van der Waals surface area contributed by atoms with Crippen LogP contribution in [0.1, 0.15) is 29.3 Å². The largest absolute Gasteiger partial charge is 0.497 e. The highest BCUT2D eigenvalue weighted by molar-refractivity contribution is 7.98. The molecule has 1 heterocycles. The molecular formula is C26H24ClN3O3S. The summed E-state index contributed by atoms with van der Waals surface area (Å²) in [6, 6.07) is 19.8. The van der Waals surface area contributed by atoms with E-state index in [4.69, 9.17) is 21.3 Å². The smallest absolute Gasteiger partial charge is 0.266 e. The Morgan fingerprint density at radius 1 is 1.12 bits per heavy atom. The number of carbonyl (C=O) groups excluding carboxylic acids is 1. The number of nitrogens with zero attached hydrogens (tertiary/aromatic N) is 2. The average molecular weight is 494 g/mol. The molecule has 4 rings (SSSR count). The second-order valence-electron chi connectivity index (χ2n) is 7.64. The van der Waals surface area contributed by atoms with Crippen molar-refractivity contribution in [3.05, 3.63) is 93.2 Å². The van der Waals surface area contributed by atoms with Crippen molar-refractivity contribution in [2.75, 3.05) is 13.7 Å². The van der Waals surface area contributed by atoms with Crippen LogP contribution in [0.15, 0.2) is 76.7 Å². The van der Waals surface area contributed by atoms with Crippen molar-refractivity contribution in [3.8, 4) is 11.4 Å². The maximum atomic E-state index is 13.6. The Morgan fingerprint density at radius 2 is 1.91 bits per heavy atom. The van der Waals surface area contributed by atoms with Gasteiger partial charge < -0.3 is 10.1 Å². The van der Waals surface area contributed by atoms with Crippen molar-refractivity contribution < 1.29 is 9.53 Å². The zero-order valence-corrected chi connectivity index (χ0v) is 20.4. The van der Waals surface area contributed by atoms with Crippen molar-refractivity contribution in [1.82, 2.24) is 14.9 Å². The van der Waals surface area contributed by atoms with Crippen LogP contribution >= 0.6 is 23.4 Å². The molecule has 34 heavy (non-hydrogen) atoms. The summed E-state index contributed by atoms with van der Waals surface area (Å²) in [7, 11) is 1.60. The number of benzene rings is 3. The van der Waals surface area contributed by atoms with Crippen LogP contribution in [-0.2, 0) is 5.75 Å². The molecule has 0 saturated heterocycles. The summed E-state index contributed by atoms with van der Waals surface area (Å²) in [4.78, 5) is 30.8. The fourth-order valence-electron chi connectivity index (χ4n) is 3.48. The highest BCUT2D eigenvalue weighted by atomic mass is 35.5. The first-order valence-electron chi connectivity index (χ1n) is 10.9. The maximum absolute atomic E-state index is 13.6. The van der Waals surface area contributed by atoms with Crippen LogP contribution in [0.2, 0.25) is 5.02 Å². The van der Waals surface area contributed by atoms with Crippen molar-refractivity contribution >= 4 is 40.2 Å². The summed E-state index contributed by atoms with van der Waals surface area (Å²) in [5.74, 6) is 1.09. The second-order valence-corrected chi connectivity index (χ2v) is 9.02. The van der Waals surface area contributed by atoms with E-state index in [1.54, 1.807) is 42.0 Å². The number of amides is 1. The van der Waals surface area contributed by atoms with Crippen LogP contribution in [0.4, 0.5) is 0 Å². The first-order valence-corrected chi connectivity index (χ1v) is 12.2. The maximum Gasteiger partial charge on any atom is 0.266 e. The van der Waals surface area contributed by atoms with E-state index in [1.807, 2.05) is 43.3 Å². The van der Waals surface area contributed by atoms with Crippen LogP contribution in [0.25, 0.3) is 16.6 Å². The zero-order valence-electron chi connectivity index (χ0n) is 18.9. The molecule has 1 N–H and O–H groups in total. The molecule has 0 aliphatic heterocycles. The monoisotopic (exact) mass is 493 g/mol. The minimum atomic E-state index is -0.204. The third-order valence-corrected chi connectivity index (χ3v) is 6.47. The van der Waals surface area contributed by atoms with Gasteiger partial charge in [0.25, 0.3) is 11.5 Å². The number of ether oxygens (including phenoxy) is 1. The summed E-state index contributed by atoms with van der Waals surface area (Å²) in [5.41, 5.74) is 2.44. The van der Waals surface area contributed by atoms with Gasteiger partial charge in [0.05, 0.1) is 23.7 Å². The lowest BCUT2D eigenvalue weighted by atomic mass is 10.1. The quantitative estimate of drug-likeness (QED) is 0.260. The number of carbonyl (C=O) groups is 1. The first kappa shape index (κ1) is 23.9. The van der Waals surface area contributed by atoms with Crippen LogP contribution in [-0.4, -0.2) is 29.1 Å². The normalized spacial score (nSPS) is 10.9. The zero-order chi connectivity index (χ0) is 24.1. The minimum Gasteiger partial charge on any atom is -0.497 e. The molecule has 0 unspecified atom stereocenters. The number of methoxy groups -OCH3 is 1. The lowest BCUT2D eigenvalue weighted by Gasteiger charge is -2.14. The van der Waals surface area contributed by atoms with Crippen molar-refractivity contribution in [1.29, 1.82) is 0 Å². The molecule has 0 saturated carbocycles. The van der Waals surface area contributed by atoms with E-state index in [1.165, 1.54) is 11.8 Å². The summed E-state index contributed by atoms with van der Waals surface area (Å²) >= 11 is 7.57. The van der Waals surface area contributed by atoms with E-state index >= 15 is 0 Å². The fourth-order valence-corrected chi connectivity index (χ4v) is 4.65. The number of hydrogen-bond acceptors (Lipinski definition) is 5. The molecular weight excluding hydrogens is 470 g/mol. The molecule has 1 aromatic heterocycles. The predicted molar refractivity (Wildman–Crippen MR) is 138 cm³/mol.